The Morgan fingerprint density at radius 3 is 2.91 bits per heavy atom. The molecule has 3 aromatic rings. The predicted octanol–water partition coefficient (Wildman–Crippen LogP) is 1.32. The lowest BCUT2D eigenvalue weighted by atomic mass is 10.4. The number of carbonyl (C=O) groups is 1. The molecule has 0 aliphatic carbocycles. The number of primary amides is 1. The number of aromatic nitrogens is 5. The van der Waals surface area contributed by atoms with Gasteiger partial charge in [0.1, 0.15) is 18.0 Å². The van der Waals surface area contributed by atoms with E-state index in [1.54, 1.807) is 11.5 Å². The van der Waals surface area contributed by atoms with E-state index in [9.17, 15) is 4.79 Å². The summed E-state index contributed by atoms with van der Waals surface area (Å²) in [5, 5.41) is 8.81. The number of nitrogens with zero attached hydrogens (tertiary/aromatic N) is 5. The van der Waals surface area contributed by atoms with Crippen molar-refractivity contribution in [3.05, 3.63) is 41.6 Å². The minimum Gasteiger partial charge on any atom is -0.368 e. The van der Waals surface area contributed by atoms with Crippen molar-refractivity contribution in [2.75, 3.05) is 0 Å². The molecule has 0 radical (unpaired) electrons. The molecule has 0 bridgehead atoms. The summed E-state index contributed by atoms with van der Waals surface area (Å²) in [6, 6.07) is 5.91. The molecule has 0 aromatic carbocycles. The summed E-state index contributed by atoms with van der Waals surface area (Å²) in [6.07, 6.45) is 1.99. The van der Waals surface area contributed by atoms with Crippen LogP contribution in [0.4, 0.5) is 0 Å². The molecular formula is C14H16N6OS. The van der Waals surface area contributed by atoms with Crippen LogP contribution >= 0.6 is 11.8 Å². The first-order valence-corrected chi connectivity index (χ1v) is 7.78. The fraction of sp³-hybridized carbons (Fsp3) is 0.286. The third-order valence-corrected chi connectivity index (χ3v) is 4.36. The Bertz CT molecular complexity index is 837. The third-order valence-electron chi connectivity index (χ3n) is 3.38. The van der Waals surface area contributed by atoms with Gasteiger partial charge in [0.05, 0.1) is 11.4 Å². The second-order valence-electron chi connectivity index (χ2n) is 4.94. The van der Waals surface area contributed by atoms with Crippen LogP contribution in [0.25, 0.3) is 5.65 Å². The lowest BCUT2D eigenvalue weighted by Crippen LogP contribution is -2.20. The van der Waals surface area contributed by atoms with E-state index in [0.29, 0.717) is 16.7 Å². The van der Waals surface area contributed by atoms with Gasteiger partial charge in [0.15, 0.2) is 5.16 Å². The highest BCUT2D eigenvalue weighted by molar-refractivity contribution is 7.98. The molecule has 7 nitrogen and oxygen atoms in total. The average molecular weight is 316 g/mol. The molecule has 0 fully saturated rings. The molecule has 0 aliphatic rings. The first kappa shape index (κ1) is 14.6. The topological polar surface area (TPSA) is 91.1 Å². The van der Waals surface area contributed by atoms with Crippen molar-refractivity contribution in [3.63, 3.8) is 0 Å². The van der Waals surface area contributed by atoms with Crippen molar-refractivity contribution in [2.24, 2.45) is 5.73 Å². The Kier molecular flexibility index (Phi) is 3.84. The molecule has 3 heterocycles. The van der Waals surface area contributed by atoms with Crippen molar-refractivity contribution >= 4 is 23.3 Å². The van der Waals surface area contributed by atoms with Crippen LogP contribution in [-0.4, -0.2) is 30.1 Å². The van der Waals surface area contributed by atoms with Crippen molar-refractivity contribution in [2.45, 2.75) is 31.3 Å². The van der Waals surface area contributed by atoms with Crippen LogP contribution in [0.5, 0.6) is 0 Å². The number of imidazole rings is 1. The van der Waals surface area contributed by atoms with E-state index in [1.165, 1.54) is 11.8 Å². The average Bonchev–Trinajstić information content (AvgIpc) is 2.97. The summed E-state index contributed by atoms with van der Waals surface area (Å²) in [5.41, 5.74) is 8.28. The van der Waals surface area contributed by atoms with E-state index in [0.717, 1.165) is 17.0 Å². The number of amides is 1. The summed E-state index contributed by atoms with van der Waals surface area (Å²) in [6.45, 7) is 3.88. The molecular weight excluding hydrogens is 300 g/mol. The number of thioether (sulfide) groups is 1. The van der Waals surface area contributed by atoms with E-state index in [4.69, 9.17) is 5.73 Å². The van der Waals surface area contributed by atoms with Gasteiger partial charge in [0.25, 0.3) is 0 Å². The van der Waals surface area contributed by atoms with E-state index in [-0.39, 0.29) is 6.54 Å². The van der Waals surface area contributed by atoms with Crippen LogP contribution in [-0.2, 0) is 17.1 Å². The van der Waals surface area contributed by atoms with Gasteiger partial charge in [-0.1, -0.05) is 17.8 Å². The molecule has 0 aliphatic heterocycles. The number of aryl methyl sites for hydroxylation is 2. The van der Waals surface area contributed by atoms with Gasteiger partial charge in [-0.25, -0.2) is 4.98 Å². The number of rotatable bonds is 5. The van der Waals surface area contributed by atoms with Crippen LogP contribution in [0.2, 0.25) is 0 Å². The van der Waals surface area contributed by atoms with E-state index in [1.807, 2.05) is 31.3 Å². The maximum Gasteiger partial charge on any atom is 0.237 e. The second-order valence-corrected chi connectivity index (χ2v) is 5.89. The molecule has 2 N–H and O–H groups in total. The maximum atomic E-state index is 11.2. The van der Waals surface area contributed by atoms with Crippen LogP contribution < -0.4 is 5.73 Å². The zero-order chi connectivity index (χ0) is 15.7. The minimum absolute atomic E-state index is 0.0906. The summed E-state index contributed by atoms with van der Waals surface area (Å²) in [4.78, 5) is 15.7. The van der Waals surface area contributed by atoms with Gasteiger partial charge in [-0.05, 0) is 26.0 Å². The Morgan fingerprint density at radius 2 is 2.14 bits per heavy atom. The quantitative estimate of drug-likeness (QED) is 0.717. The molecule has 3 aromatic heterocycles. The summed E-state index contributed by atoms with van der Waals surface area (Å²) < 4.78 is 3.79. The van der Waals surface area contributed by atoms with Gasteiger partial charge < -0.3 is 10.1 Å². The highest BCUT2D eigenvalue weighted by atomic mass is 32.2. The predicted molar refractivity (Wildman–Crippen MR) is 83.4 cm³/mol. The summed E-state index contributed by atoms with van der Waals surface area (Å²) in [5.74, 6) is 0.959. The SMILES string of the molecule is Cc1nc2ccccn2c1CSc1nnc(C)n1CC(N)=O. The van der Waals surface area contributed by atoms with Crippen LogP contribution in [0.1, 0.15) is 17.2 Å². The monoisotopic (exact) mass is 316 g/mol. The standard InChI is InChI=1S/C14H16N6OS/c1-9-11(19-6-4-3-5-13(19)16-9)8-22-14-18-17-10(2)20(14)7-12(15)21/h3-6H,7-8H2,1-2H3,(H2,15,21). The first-order valence-electron chi connectivity index (χ1n) is 6.79. The van der Waals surface area contributed by atoms with Gasteiger partial charge in [-0.3, -0.25) is 9.36 Å². The van der Waals surface area contributed by atoms with E-state index in [2.05, 4.69) is 19.6 Å². The van der Waals surface area contributed by atoms with Crippen molar-refractivity contribution in [1.29, 1.82) is 0 Å². The lowest BCUT2D eigenvalue weighted by molar-refractivity contribution is -0.118. The van der Waals surface area contributed by atoms with Gasteiger partial charge in [0, 0.05) is 11.9 Å². The number of fused-ring (bicyclic) bond motifs is 1. The molecule has 0 saturated carbocycles. The zero-order valence-corrected chi connectivity index (χ0v) is 13.2. The molecule has 0 unspecified atom stereocenters. The molecule has 0 saturated heterocycles. The lowest BCUT2D eigenvalue weighted by Gasteiger charge is -2.06. The fourth-order valence-electron chi connectivity index (χ4n) is 2.28. The Balaban J connectivity index is 1.86. The van der Waals surface area contributed by atoms with E-state index >= 15 is 0 Å². The third kappa shape index (κ3) is 2.69. The Morgan fingerprint density at radius 1 is 1.32 bits per heavy atom. The number of pyridine rings is 1. The van der Waals surface area contributed by atoms with Crippen LogP contribution in [0.3, 0.4) is 0 Å². The highest BCUT2D eigenvalue weighted by Gasteiger charge is 2.14. The molecule has 114 valence electrons. The molecule has 8 heteroatoms. The van der Waals surface area contributed by atoms with Gasteiger partial charge in [-0.15, -0.1) is 10.2 Å². The van der Waals surface area contributed by atoms with Crippen molar-refractivity contribution in [3.8, 4) is 0 Å². The molecule has 22 heavy (non-hydrogen) atoms. The van der Waals surface area contributed by atoms with Crippen LogP contribution in [0.15, 0.2) is 29.6 Å². The molecule has 0 atom stereocenters. The van der Waals surface area contributed by atoms with Crippen molar-refractivity contribution < 1.29 is 4.79 Å². The van der Waals surface area contributed by atoms with Gasteiger partial charge >= 0.3 is 0 Å². The minimum atomic E-state index is -0.407. The summed E-state index contributed by atoms with van der Waals surface area (Å²) >= 11 is 1.52. The smallest absolute Gasteiger partial charge is 0.237 e. The molecule has 3 rings (SSSR count). The van der Waals surface area contributed by atoms with Gasteiger partial charge in [0.2, 0.25) is 5.91 Å². The summed E-state index contributed by atoms with van der Waals surface area (Å²) in [7, 11) is 0. The maximum absolute atomic E-state index is 11.2. The van der Waals surface area contributed by atoms with Crippen molar-refractivity contribution in [1.82, 2.24) is 24.1 Å². The number of hydrogen-bond acceptors (Lipinski definition) is 5. The Hall–Kier alpha value is -2.35. The fourth-order valence-corrected chi connectivity index (χ4v) is 3.34. The number of hydrogen-bond donors (Lipinski definition) is 1. The first-order chi connectivity index (χ1) is 10.6. The molecule has 0 spiro atoms. The number of nitrogens with two attached hydrogens (primary N) is 1. The van der Waals surface area contributed by atoms with E-state index < -0.39 is 5.91 Å². The normalized spacial score (nSPS) is 11.2. The highest BCUT2D eigenvalue weighted by Crippen LogP contribution is 2.24. The van der Waals surface area contributed by atoms with Crippen LogP contribution in [0, 0.1) is 13.8 Å². The zero-order valence-electron chi connectivity index (χ0n) is 12.4. The largest absolute Gasteiger partial charge is 0.368 e. The van der Waals surface area contributed by atoms with Gasteiger partial charge in [-0.2, -0.15) is 0 Å². The number of carbonyl (C=O) groups excluding carboxylic acids is 1. The Labute approximate surface area is 131 Å². The second kappa shape index (κ2) is 5.80. The molecule has 1 amide bonds.